The van der Waals surface area contributed by atoms with E-state index in [4.69, 9.17) is 39.3 Å². The van der Waals surface area contributed by atoms with Crippen molar-refractivity contribution < 1.29 is 0 Å². The third-order valence-electron chi connectivity index (χ3n) is 3.42. The fraction of sp³-hybridized carbons (Fsp3) is 0.0588. The summed E-state index contributed by atoms with van der Waals surface area (Å²) >= 11 is 13.5. The van der Waals surface area contributed by atoms with Gasteiger partial charge in [-0.25, -0.2) is 9.98 Å². The lowest BCUT2D eigenvalue weighted by atomic mass is 10.1. The molecule has 0 unspecified atom stereocenters. The van der Waals surface area contributed by atoms with Gasteiger partial charge in [-0.15, -0.1) is 11.3 Å². The number of aromatic nitrogens is 2. The van der Waals surface area contributed by atoms with Crippen LogP contribution in [0.5, 0.6) is 0 Å². The Balaban J connectivity index is 2.04. The molecule has 0 radical (unpaired) electrons. The number of halogens is 2. The van der Waals surface area contributed by atoms with Crippen molar-refractivity contribution in [3.8, 4) is 10.6 Å². The smallest absolute Gasteiger partial charge is 0.144 e. The molecule has 0 amide bonds. The van der Waals surface area contributed by atoms with E-state index in [1.807, 2.05) is 24.3 Å². The van der Waals surface area contributed by atoms with Gasteiger partial charge in [-0.3, -0.25) is 10.4 Å². The Labute approximate surface area is 158 Å². The molecule has 0 bridgehead atoms. The number of pyridine rings is 1. The highest BCUT2D eigenvalue weighted by molar-refractivity contribution is 7.17. The van der Waals surface area contributed by atoms with Crippen LogP contribution in [0.1, 0.15) is 16.1 Å². The molecule has 1 aromatic carbocycles. The Morgan fingerprint density at radius 2 is 1.96 bits per heavy atom. The monoisotopic (exact) mass is 389 g/mol. The highest BCUT2D eigenvalue weighted by atomic mass is 35.5. The van der Waals surface area contributed by atoms with Gasteiger partial charge in [0.05, 0.1) is 20.6 Å². The zero-order valence-electron chi connectivity index (χ0n) is 12.9. The lowest BCUT2D eigenvalue weighted by Gasteiger charge is -2.03. The zero-order chi connectivity index (χ0) is 17.8. The van der Waals surface area contributed by atoms with Gasteiger partial charge in [0, 0.05) is 24.4 Å². The van der Waals surface area contributed by atoms with E-state index in [2.05, 4.69) is 9.98 Å². The number of nitrogens with two attached hydrogens (primary N) is 1. The highest BCUT2D eigenvalue weighted by Crippen LogP contribution is 2.30. The van der Waals surface area contributed by atoms with Crippen molar-refractivity contribution in [1.29, 1.82) is 5.41 Å². The predicted molar refractivity (Wildman–Crippen MR) is 104 cm³/mol. The number of nitrogens with one attached hydrogen (secondary N) is 1. The molecule has 0 aliphatic heterocycles. The molecule has 0 aliphatic carbocycles. The van der Waals surface area contributed by atoms with Crippen LogP contribution in [0.15, 0.2) is 47.7 Å². The van der Waals surface area contributed by atoms with Crippen molar-refractivity contribution in [2.45, 2.75) is 6.42 Å². The van der Waals surface area contributed by atoms with Crippen molar-refractivity contribution in [1.82, 2.24) is 9.97 Å². The minimum absolute atomic E-state index is 0.267. The Bertz CT molecular complexity index is 937. The first-order valence-corrected chi connectivity index (χ1v) is 8.82. The van der Waals surface area contributed by atoms with E-state index < -0.39 is 0 Å². The van der Waals surface area contributed by atoms with Crippen molar-refractivity contribution in [2.75, 3.05) is 0 Å². The fourth-order valence-corrected chi connectivity index (χ4v) is 3.58. The minimum atomic E-state index is 0.267. The molecule has 0 spiro atoms. The quantitative estimate of drug-likeness (QED) is 0.500. The molecule has 0 saturated heterocycles. The van der Waals surface area contributed by atoms with E-state index in [1.165, 1.54) is 11.3 Å². The van der Waals surface area contributed by atoms with Gasteiger partial charge in [0.1, 0.15) is 17.2 Å². The van der Waals surface area contributed by atoms with Crippen LogP contribution in [-0.2, 0) is 6.42 Å². The predicted octanol–water partition coefficient (Wildman–Crippen LogP) is 4.42. The molecule has 8 heteroatoms. The first kappa shape index (κ1) is 17.5. The van der Waals surface area contributed by atoms with E-state index in [-0.39, 0.29) is 5.84 Å². The first-order valence-electron chi connectivity index (χ1n) is 7.25. The van der Waals surface area contributed by atoms with Gasteiger partial charge in [-0.05, 0) is 29.8 Å². The van der Waals surface area contributed by atoms with Gasteiger partial charge in [0.25, 0.3) is 0 Å². The van der Waals surface area contributed by atoms with E-state index >= 15 is 0 Å². The maximum atomic E-state index is 7.15. The molecular formula is C17H13Cl2N5S. The number of hydrogen-bond acceptors (Lipinski definition) is 4. The summed E-state index contributed by atoms with van der Waals surface area (Å²) in [6.45, 7) is 0. The summed E-state index contributed by atoms with van der Waals surface area (Å²) < 4.78 is 0. The molecule has 3 aromatic rings. The van der Waals surface area contributed by atoms with Crippen LogP contribution >= 0.6 is 34.5 Å². The summed E-state index contributed by atoms with van der Waals surface area (Å²) in [5.41, 5.74) is 8.70. The summed E-state index contributed by atoms with van der Waals surface area (Å²) in [6, 6.07) is 9.23. The second-order valence-electron chi connectivity index (χ2n) is 5.10. The van der Waals surface area contributed by atoms with E-state index in [0.717, 1.165) is 33.0 Å². The van der Waals surface area contributed by atoms with Crippen molar-refractivity contribution >= 4 is 46.7 Å². The van der Waals surface area contributed by atoms with Crippen LogP contribution in [-0.4, -0.2) is 22.1 Å². The van der Waals surface area contributed by atoms with Gasteiger partial charge in [-0.2, -0.15) is 0 Å². The Morgan fingerprint density at radius 3 is 2.64 bits per heavy atom. The van der Waals surface area contributed by atoms with Crippen LogP contribution in [0.3, 0.4) is 0 Å². The zero-order valence-corrected chi connectivity index (χ0v) is 15.2. The molecule has 2 aromatic heterocycles. The number of aliphatic imine (C=N–C) groups is 1. The molecule has 0 saturated carbocycles. The van der Waals surface area contributed by atoms with Crippen molar-refractivity contribution in [3.63, 3.8) is 0 Å². The van der Waals surface area contributed by atoms with Crippen LogP contribution < -0.4 is 5.73 Å². The lowest BCUT2D eigenvalue weighted by Crippen LogP contribution is -2.14. The molecule has 3 rings (SSSR count). The average molecular weight is 390 g/mol. The molecule has 2 heterocycles. The van der Waals surface area contributed by atoms with E-state index in [1.54, 1.807) is 18.5 Å². The van der Waals surface area contributed by atoms with Gasteiger partial charge < -0.3 is 5.73 Å². The molecule has 5 nitrogen and oxygen atoms in total. The Kier molecular flexibility index (Phi) is 5.43. The highest BCUT2D eigenvalue weighted by Gasteiger charge is 2.16. The number of benzene rings is 1. The van der Waals surface area contributed by atoms with Crippen LogP contribution in [0.4, 0.5) is 0 Å². The fourth-order valence-electron chi connectivity index (χ4n) is 2.26. The number of hydrogen-bond donors (Lipinski definition) is 2. The van der Waals surface area contributed by atoms with Gasteiger partial charge >= 0.3 is 0 Å². The molecular weight excluding hydrogens is 377 g/mol. The van der Waals surface area contributed by atoms with E-state index in [9.17, 15) is 0 Å². The topological polar surface area (TPSA) is 88.0 Å². The first-order chi connectivity index (χ1) is 12.1. The third kappa shape index (κ3) is 4.04. The molecule has 3 N–H and O–H groups in total. The standard InChI is InChI=1S/C17H13Cl2N5S/c18-12-2-1-10(7-13(12)19)8-14-15(16(21)23-9-20)25-17(24-14)11-3-5-22-6-4-11/h1-7,9H,8H2,(H3,20,21,23). The molecule has 0 fully saturated rings. The normalized spacial score (nSPS) is 11.5. The lowest BCUT2D eigenvalue weighted by molar-refractivity contribution is 1.10. The SMILES string of the molecule is N=CN=C(N)c1sc(-c2ccncc2)nc1Cc1ccc(Cl)c(Cl)c1. The van der Waals surface area contributed by atoms with Gasteiger partial charge in [-0.1, -0.05) is 29.3 Å². The molecule has 126 valence electrons. The molecule has 0 aliphatic rings. The van der Waals surface area contributed by atoms with Gasteiger partial charge in [0.15, 0.2) is 0 Å². The summed E-state index contributed by atoms with van der Waals surface area (Å²) in [4.78, 5) is 13.4. The maximum absolute atomic E-state index is 7.15. The van der Waals surface area contributed by atoms with Crippen LogP contribution in [0.25, 0.3) is 10.6 Å². The number of thiazole rings is 1. The second-order valence-corrected chi connectivity index (χ2v) is 6.91. The number of nitrogens with zero attached hydrogens (tertiary/aromatic N) is 3. The summed E-state index contributed by atoms with van der Waals surface area (Å²) in [5.74, 6) is 0.267. The van der Waals surface area contributed by atoms with Gasteiger partial charge in [0.2, 0.25) is 0 Å². The van der Waals surface area contributed by atoms with Crippen LogP contribution in [0, 0.1) is 5.41 Å². The summed E-state index contributed by atoms with van der Waals surface area (Å²) in [6.07, 6.45) is 4.88. The largest absolute Gasteiger partial charge is 0.382 e. The Morgan fingerprint density at radius 1 is 1.20 bits per heavy atom. The average Bonchev–Trinajstić information content (AvgIpc) is 3.03. The van der Waals surface area contributed by atoms with Crippen molar-refractivity contribution in [3.05, 3.63) is 68.9 Å². The summed E-state index contributed by atoms with van der Waals surface area (Å²) in [5, 5.41) is 8.96. The Hall–Kier alpha value is -2.28. The maximum Gasteiger partial charge on any atom is 0.144 e. The molecule has 25 heavy (non-hydrogen) atoms. The summed E-state index contributed by atoms with van der Waals surface area (Å²) in [7, 11) is 0. The molecule has 0 atom stereocenters. The van der Waals surface area contributed by atoms with Crippen molar-refractivity contribution in [2.24, 2.45) is 10.7 Å². The minimum Gasteiger partial charge on any atom is -0.382 e. The number of rotatable bonds is 5. The number of amidine groups is 1. The second kappa shape index (κ2) is 7.74. The van der Waals surface area contributed by atoms with E-state index in [0.29, 0.717) is 16.5 Å². The third-order valence-corrected chi connectivity index (χ3v) is 5.32. The van der Waals surface area contributed by atoms with Crippen LogP contribution in [0.2, 0.25) is 10.0 Å².